The molecule has 1 heterocycles. The highest BCUT2D eigenvalue weighted by molar-refractivity contribution is 7.94. The third kappa shape index (κ3) is 2.29. The Balaban J connectivity index is 1.97. The van der Waals surface area contributed by atoms with E-state index < -0.39 is 9.84 Å². The van der Waals surface area contributed by atoms with Crippen LogP contribution >= 0.6 is 0 Å². The SMILES string of the molecule is O=C1O/C(=C/S(=O)(=O)c2ccccc2)C2CC=CCC12. The van der Waals surface area contributed by atoms with E-state index in [1.54, 1.807) is 18.2 Å². The lowest BCUT2D eigenvalue weighted by molar-refractivity contribution is -0.139. The van der Waals surface area contributed by atoms with Gasteiger partial charge >= 0.3 is 5.97 Å². The summed E-state index contributed by atoms with van der Waals surface area (Å²) in [7, 11) is -3.58. The van der Waals surface area contributed by atoms with Crippen molar-refractivity contribution in [2.75, 3.05) is 0 Å². The van der Waals surface area contributed by atoms with E-state index in [4.69, 9.17) is 4.74 Å². The normalized spacial score (nSPS) is 27.4. The van der Waals surface area contributed by atoms with Crippen LogP contribution in [-0.4, -0.2) is 14.4 Å². The molecule has 20 heavy (non-hydrogen) atoms. The third-order valence-corrected chi connectivity index (χ3v) is 5.13. The number of carbonyl (C=O) groups is 1. The van der Waals surface area contributed by atoms with Crippen LogP contribution in [0.4, 0.5) is 0 Å². The molecule has 1 fully saturated rings. The van der Waals surface area contributed by atoms with E-state index in [1.807, 2.05) is 12.2 Å². The highest BCUT2D eigenvalue weighted by Gasteiger charge is 2.41. The van der Waals surface area contributed by atoms with Crippen molar-refractivity contribution in [3.63, 3.8) is 0 Å². The van der Waals surface area contributed by atoms with Gasteiger partial charge in [0.15, 0.2) is 0 Å². The van der Waals surface area contributed by atoms with Crippen LogP contribution in [0.25, 0.3) is 0 Å². The summed E-state index contributed by atoms with van der Waals surface area (Å²) >= 11 is 0. The summed E-state index contributed by atoms with van der Waals surface area (Å²) in [6, 6.07) is 8.14. The lowest BCUT2D eigenvalue weighted by atomic mass is 9.84. The van der Waals surface area contributed by atoms with Crippen LogP contribution in [0, 0.1) is 11.8 Å². The van der Waals surface area contributed by atoms with E-state index in [0.29, 0.717) is 12.8 Å². The predicted octanol–water partition coefficient (Wildman–Crippen LogP) is 2.44. The van der Waals surface area contributed by atoms with E-state index in [0.717, 1.165) is 5.41 Å². The summed E-state index contributed by atoms with van der Waals surface area (Å²) in [5, 5.41) is 1.10. The second kappa shape index (κ2) is 4.90. The largest absolute Gasteiger partial charge is 0.430 e. The number of hydrogen-bond acceptors (Lipinski definition) is 4. The van der Waals surface area contributed by atoms with Gasteiger partial charge in [0.1, 0.15) is 5.76 Å². The predicted molar refractivity (Wildman–Crippen MR) is 73.2 cm³/mol. The maximum Gasteiger partial charge on any atom is 0.315 e. The molecule has 0 bridgehead atoms. The van der Waals surface area contributed by atoms with Crippen molar-refractivity contribution in [3.05, 3.63) is 53.7 Å². The highest BCUT2D eigenvalue weighted by atomic mass is 32.2. The fourth-order valence-electron chi connectivity index (χ4n) is 2.60. The molecule has 1 aromatic carbocycles. The van der Waals surface area contributed by atoms with Crippen molar-refractivity contribution >= 4 is 15.8 Å². The average Bonchev–Trinajstić information content (AvgIpc) is 2.76. The van der Waals surface area contributed by atoms with Crippen molar-refractivity contribution in [2.24, 2.45) is 11.8 Å². The zero-order valence-corrected chi connectivity index (χ0v) is 11.5. The molecule has 3 rings (SSSR count). The Kier molecular flexibility index (Phi) is 3.22. The lowest BCUT2D eigenvalue weighted by Gasteiger charge is -2.16. The minimum atomic E-state index is -3.58. The van der Waals surface area contributed by atoms with Gasteiger partial charge in [-0.2, -0.15) is 0 Å². The van der Waals surface area contributed by atoms with E-state index >= 15 is 0 Å². The summed E-state index contributed by atoms with van der Waals surface area (Å²) in [5.74, 6) is -0.440. The molecule has 2 unspecified atom stereocenters. The van der Waals surface area contributed by atoms with Gasteiger partial charge in [-0.25, -0.2) is 8.42 Å². The topological polar surface area (TPSA) is 60.4 Å². The molecule has 1 saturated heterocycles. The number of sulfone groups is 1. The number of fused-ring (bicyclic) bond motifs is 1. The fraction of sp³-hybridized carbons (Fsp3) is 0.267. The Morgan fingerprint density at radius 2 is 1.70 bits per heavy atom. The average molecular weight is 290 g/mol. The van der Waals surface area contributed by atoms with Crippen molar-refractivity contribution in [2.45, 2.75) is 17.7 Å². The molecule has 0 aromatic heterocycles. The first-order valence-electron chi connectivity index (χ1n) is 6.46. The smallest absolute Gasteiger partial charge is 0.315 e. The molecule has 0 saturated carbocycles. The Bertz CT molecular complexity index is 686. The summed E-state index contributed by atoms with van der Waals surface area (Å²) < 4.78 is 29.7. The molecular weight excluding hydrogens is 276 g/mol. The molecule has 2 aliphatic rings. The van der Waals surface area contributed by atoms with Crippen molar-refractivity contribution in [1.29, 1.82) is 0 Å². The van der Waals surface area contributed by atoms with Crippen molar-refractivity contribution < 1.29 is 17.9 Å². The monoisotopic (exact) mass is 290 g/mol. The van der Waals surface area contributed by atoms with Crippen LogP contribution in [0.1, 0.15) is 12.8 Å². The molecule has 1 aliphatic heterocycles. The Labute approximate surface area is 117 Å². The van der Waals surface area contributed by atoms with Crippen LogP contribution in [0.15, 0.2) is 58.5 Å². The van der Waals surface area contributed by atoms with Crippen LogP contribution in [0.3, 0.4) is 0 Å². The number of hydrogen-bond donors (Lipinski definition) is 0. The standard InChI is InChI=1S/C15H14O4S/c16-15-13-9-5-4-8-12(13)14(19-15)10-20(17,18)11-6-2-1-3-7-11/h1-7,10,12-13H,8-9H2/b14-10+. The molecule has 2 atom stereocenters. The van der Waals surface area contributed by atoms with Gasteiger partial charge in [-0.3, -0.25) is 4.79 Å². The number of benzene rings is 1. The molecule has 5 heteroatoms. The van der Waals surface area contributed by atoms with Crippen molar-refractivity contribution in [3.8, 4) is 0 Å². The highest BCUT2D eigenvalue weighted by Crippen LogP contribution is 2.40. The molecule has 0 radical (unpaired) electrons. The maximum absolute atomic E-state index is 12.3. The molecule has 1 aromatic rings. The lowest BCUT2D eigenvalue weighted by Crippen LogP contribution is -2.16. The maximum atomic E-state index is 12.3. The summed E-state index contributed by atoms with van der Waals surface area (Å²) in [4.78, 5) is 12.0. The van der Waals surface area contributed by atoms with Gasteiger partial charge in [0.05, 0.1) is 16.2 Å². The summed E-state index contributed by atoms with van der Waals surface area (Å²) in [6.07, 6.45) is 5.17. The fourth-order valence-corrected chi connectivity index (χ4v) is 3.80. The number of rotatable bonds is 2. The van der Waals surface area contributed by atoms with E-state index in [9.17, 15) is 13.2 Å². The van der Waals surface area contributed by atoms with Gasteiger partial charge in [0, 0.05) is 5.92 Å². The Hall–Kier alpha value is -1.88. The molecule has 104 valence electrons. The van der Waals surface area contributed by atoms with Crippen LogP contribution in [0.5, 0.6) is 0 Å². The molecule has 0 amide bonds. The Morgan fingerprint density at radius 1 is 1.05 bits per heavy atom. The van der Waals surface area contributed by atoms with Gasteiger partial charge in [-0.1, -0.05) is 30.4 Å². The molecule has 4 nitrogen and oxygen atoms in total. The quantitative estimate of drug-likeness (QED) is 0.620. The molecule has 1 aliphatic carbocycles. The molecule has 0 N–H and O–H groups in total. The number of carbonyl (C=O) groups excluding carboxylic acids is 1. The molecular formula is C15H14O4S. The van der Waals surface area contributed by atoms with Gasteiger partial charge in [0.2, 0.25) is 9.84 Å². The first-order chi connectivity index (χ1) is 9.58. The number of allylic oxidation sites excluding steroid dienone is 3. The zero-order valence-electron chi connectivity index (χ0n) is 10.7. The van der Waals surface area contributed by atoms with Crippen LogP contribution < -0.4 is 0 Å². The number of ether oxygens (including phenoxy) is 1. The van der Waals surface area contributed by atoms with Crippen molar-refractivity contribution in [1.82, 2.24) is 0 Å². The number of esters is 1. The first-order valence-corrected chi connectivity index (χ1v) is 8.01. The van der Waals surface area contributed by atoms with Crippen LogP contribution in [-0.2, 0) is 19.4 Å². The van der Waals surface area contributed by atoms with Crippen LogP contribution in [0.2, 0.25) is 0 Å². The second-order valence-electron chi connectivity index (χ2n) is 4.96. The van der Waals surface area contributed by atoms with Gasteiger partial charge < -0.3 is 4.74 Å². The first kappa shape index (κ1) is 13.1. The zero-order chi connectivity index (χ0) is 14.2. The third-order valence-electron chi connectivity index (χ3n) is 3.66. The minimum absolute atomic E-state index is 0.147. The van der Waals surface area contributed by atoms with Gasteiger partial charge in [-0.05, 0) is 25.0 Å². The van der Waals surface area contributed by atoms with E-state index in [-0.39, 0.29) is 28.5 Å². The number of cyclic esters (lactones) is 1. The second-order valence-corrected chi connectivity index (χ2v) is 6.75. The Morgan fingerprint density at radius 3 is 2.40 bits per heavy atom. The minimum Gasteiger partial charge on any atom is -0.430 e. The molecule has 0 spiro atoms. The van der Waals surface area contributed by atoms with Gasteiger partial charge in [0.25, 0.3) is 0 Å². The summed E-state index contributed by atoms with van der Waals surface area (Å²) in [6.45, 7) is 0. The summed E-state index contributed by atoms with van der Waals surface area (Å²) in [5.41, 5.74) is 0. The van der Waals surface area contributed by atoms with Gasteiger partial charge in [-0.15, -0.1) is 0 Å². The van der Waals surface area contributed by atoms with E-state index in [2.05, 4.69) is 0 Å². The van der Waals surface area contributed by atoms with E-state index in [1.165, 1.54) is 12.1 Å².